The molecule has 0 heterocycles. The lowest BCUT2D eigenvalue weighted by molar-refractivity contribution is 0.622. The van der Waals surface area contributed by atoms with Crippen molar-refractivity contribution in [3.8, 4) is 0 Å². The van der Waals surface area contributed by atoms with Crippen molar-refractivity contribution in [2.24, 2.45) is 5.73 Å². The topological polar surface area (TPSA) is 26.0 Å². The van der Waals surface area contributed by atoms with E-state index >= 15 is 0 Å². The van der Waals surface area contributed by atoms with E-state index in [2.05, 4.69) is 15.9 Å². The van der Waals surface area contributed by atoms with Gasteiger partial charge in [-0.05, 0) is 42.2 Å². The Morgan fingerprint density at radius 3 is 2.68 bits per heavy atom. The third kappa shape index (κ3) is 3.16. The van der Waals surface area contributed by atoms with Crippen LogP contribution >= 0.6 is 27.5 Å². The highest BCUT2D eigenvalue weighted by Crippen LogP contribution is 2.28. The third-order valence-corrected chi connectivity index (χ3v) is 4.46. The van der Waals surface area contributed by atoms with Gasteiger partial charge in [0.25, 0.3) is 0 Å². The van der Waals surface area contributed by atoms with E-state index in [9.17, 15) is 4.39 Å². The molecule has 0 spiro atoms. The number of hydrogen-bond acceptors (Lipinski definition) is 1. The van der Waals surface area contributed by atoms with Crippen LogP contribution in [0.15, 0.2) is 40.9 Å². The van der Waals surface area contributed by atoms with Gasteiger partial charge in [0.15, 0.2) is 0 Å². The highest BCUT2D eigenvalue weighted by Gasteiger charge is 2.14. The molecule has 0 aromatic heterocycles. The van der Waals surface area contributed by atoms with Gasteiger partial charge >= 0.3 is 0 Å². The molecule has 2 aromatic rings. The van der Waals surface area contributed by atoms with Gasteiger partial charge in [0.2, 0.25) is 0 Å². The second kappa shape index (κ2) is 6.04. The van der Waals surface area contributed by atoms with E-state index in [1.807, 2.05) is 25.1 Å². The summed E-state index contributed by atoms with van der Waals surface area (Å²) in [5.74, 6) is -0.405. The average Bonchev–Trinajstić information content (AvgIpc) is 2.38. The van der Waals surface area contributed by atoms with Gasteiger partial charge in [0.1, 0.15) is 5.82 Å². The van der Waals surface area contributed by atoms with Gasteiger partial charge in [-0.2, -0.15) is 0 Å². The van der Waals surface area contributed by atoms with Gasteiger partial charge in [-0.25, -0.2) is 4.39 Å². The predicted molar refractivity (Wildman–Crippen MR) is 80.9 cm³/mol. The van der Waals surface area contributed by atoms with Crippen LogP contribution in [-0.4, -0.2) is 0 Å². The van der Waals surface area contributed by atoms with Crippen LogP contribution in [-0.2, 0) is 6.42 Å². The Balaban J connectivity index is 2.28. The van der Waals surface area contributed by atoms with E-state index in [1.54, 1.807) is 12.1 Å². The summed E-state index contributed by atoms with van der Waals surface area (Å²) in [5, 5.41) is 0.158. The summed E-state index contributed by atoms with van der Waals surface area (Å²) < 4.78 is 14.4. The van der Waals surface area contributed by atoms with Crippen LogP contribution in [0.3, 0.4) is 0 Å². The number of halogens is 3. The lowest BCUT2D eigenvalue weighted by atomic mass is 9.96. The standard InChI is InChI=1S/C15H14BrClFN/c1-9-11(5-3-6-12(9)16)14(19)8-10-4-2-7-13(18)15(10)17/h2-7,14H,8,19H2,1H3. The molecule has 2 aromatic carbocycles. The van der Waals surface area contributed by atoms with Gasteiger partial charge in [-0.3, -0.25) is 0 Å². The highest BCUT2D eigenvalue weighted by molar-refractivity contribution is 9.10. The highest BCUT2D eigenvalue weighted by atomic mass is 79.9. The summed E-state index contributed by atoms with van der Waals surface area (Å²) >= 11 is 9.44. The molecule has 0 bridgehead atoms. The van der Waals surface area contributed by atoms with Crippen molar-refractivity contribution in [3.63, 3.8) is 0 Å². The van der Waals surface area contributed by atoms with Crippen molar-refractivity contribution < 1.29 is 4.39 Å². The van der Waals surface area contributed by atoms with Crippen LogP contribution in [0.4, 0.5) is 4.39 Å². The molecular formula is C15H14BrClFN. The average molecular weight is 343 g/mol. The van der Waals surface area contributed by atoms with Crippen molar-refractivity contribution in [1.82, 2.24) is 0 Å². The largest absolute Gasteiger partial charge is 0.324 e. The van der Waals surface area contributed by atoms with E-state index in [-0.39, 0.29) is 11.1 Å². The van der Waals surface area contributed by atoms with E-state index in [0.717, 1.165) is 21.2 Å². The maximum atomic E-state index is 13.4. The van der Waals surface area contributed by atoms with E-state index < -0.39 is 5.82 Å². The van der Waals surface area contributed by atoms with Crippen LogP contribution in [0, 0.1) is 12.7 Å². The lowest BCUT2D eigenvalue weighted by Gasteiger charge is -2.16. The van der Waals surface area contributed by atoms with Crippen LogP contribution < -0.4 is 5.73 Å². The molecule has 0 aliphatic carbocycles. The molecule has 0 radical (unpaired) electrons. The summed E-state index contributed by atoms with van der Waals surface area (Å²) in [6.07, 6.45) is 0.508. The molecule has 1 atom stereocenters. The molecule has 1 nitrogen and oxygen atoms in total. The van der Waals surface area contributed by atoms with E-state index in [1.165, 1.54) is 6.07 Å². The molecule has 0 saturated carbocycles. The number of benzene rings is 2. The van der Waals surface area contributed by atoms with Crippen molar-refractivity contribution in [2.75, 3.05) is 0 Å². The Morgan fingerprint density at radius 1 is 1.26 bits per heavy atom. The van der Waals surface area contributed by atoms with E-state index in [0.29, 0.717) is 6.42 Å². The van der Waals surface area contributed by atoms with Gasteiger partial charge in [-0.15, -0.1) is 0 Å². The normalized spacial score (nSPS) is 12.5. The molecule has 1 unspecified atom stereocenters. The fourth-order valence-corrected chi connectivity index (χ4v) is 2.66. The first kappa shape index (κ1) is 14.5. The molecule has 100 valence electrons. The third-order valence-electron chi connectivity index (χ3n) is 3.18. The molecular weight excluding hydrogens is 329 g/mol. The first-order chi connectivity index (χ1) is 9.00. The van der Waals surface area contributed by atoms with Gasteiger partial charge in [0, 0.05) is 10.5 Å². The fourth-order valence-electron chi connectivity index (χ4n) is 2.08. The Bertz CT molecular complexity index is 601. The molecule has 0 saturated heterocycles. The molecule has 0 aliphatic heterocycles. The van der Waals surface area contributed by atoms with Crippen LogP contribution in [0.5, 0.6) is 0 Å². The fraction of sp³-hybridized carbons (Fsp3) is 0.200. The van der Waals surface area contributed by atoms with E-state index in [4.69, 9.17) is 17.3 Å². The molecule has 2 rings (SSSR count). The van der Waals surface area contributed by atoms with Crippen molar-refractivity contribution in [2.45, 2.75) is 19.4 Å². The molecule has 2 N–H and O–H groups in total. The minimum atomic E-state index is -0.405. The molecule has 4 heteroatoms. The summed E-state index contributed by atoms with van der Waals surface area (Å²) in [7, 11) is 0. The number of hydrogen-bond donors (Lipinski definition) is 1. The zero-order valence-corrected chi connectivity index (χ0v) is 12.8. The van der Waals surface area contributed by atoms with Crippen LogP contribution in [0.2, 0.25) is 5.02 Å². The summed E-state index contributed by atoms with van der Waals surface area (Å²) in [6, 6.07) is 10.5. The summed E-state index contributed by atoms with van der Waals surface area (Å²) in [4.78, 5) is 0. The monoisotopic (exact) mass is 341 g/mol. The summed E-state index contributed by atoms with van der Waals surface area (Å²) in [6.45, 7) is 2.01. The Hall–Kier alpha value is -0.900. The smallest absolute Gasteiger partial charge is 0.142 e. The maximum Gasteiger partial charge on any atom is 0.142 e. The van der Waals surface area contributed by atoms with Gasteiger partial charge in [-0.1, -0.05) is 51.8 Å². The minimum Gasteiger partial charge on any atom is -0.324 e. The van der Waals surface area contributed by atoms with Gasteiger partial charge < -0.3 is 5.73 Å². The van der Waals surface area contributed by atoms with Crippen LogP contribution in [0.1, 0.15) is 22.7 Å². The SMILES string of the molecule is Cc1c(Br)cccc1C(N)Cc1cccc(F)c1Cl. The Labute approximate surface area is 125 Å². The van der Waals surface area contributed by atoms with Crippen molar-refractivity contribution in [3.05, 3.63) is 68.4 Å². The second-order valence-electron chi connectivity index (χ2n) is 4.48. The quantitative estimate of drug-likeness (QED) is 0.852. The zero-order chi connectivity index (χ0) is 14.0. The van der Waals surface area contributed by atoms with Gasteiger partial charge in [0.05, 0.1) is 5.02 Å². The number of rotatable bonds is 3. The maximum absolute atomic E-state index is 13.4. The molecule has 0 aliphatic rings. The minimum absolute atomic E-state index is 0.158. The van der Waals surface area contributed by atoms with Crippen molar-refractivity contribution >= 4 is 27.5 Å². The summed E-state index contributed by atoms with van der Waals surface area (Å²) in [5.41, 5.74) is 9.08. The lowest BCUT2D eigenvalue weighted by Crippen LogP contribution is -2.15. The predicted octanol–water partition coefficient (Wildman–Crippen LogP) is 4.79. The molecule has 19 heavy (non-hydrogen) atoms. The van der Waals surface area contributed by atoms with Crippen molar-refractivity contribution in [1.29, 1.82) is 0 Å². The second-order valence-corrected chi connectivity index (χ2v) is 5.71. The molecule has 0 amide bonds. The van der Waals surface area contributed by atoms with Crippen LogP contribution in [0.25, 0.3) is 0 Å². The zero-order valence-electron chi connectivity index (χ0n) is 10.5. The first-order valence-corrected chi connectivity index (χ1v) is 7.11. The Morgan fingerprint density at radius 2 is 1.95 bits per heavy atom. The first-order valence-electron chi connectivity index (χ1n) is 5.94. The molecule has 0 fully saturated rings. The number of nitrogens with two attached hydrogens (primary N) is 1. The Kier molecular flexibility index (Phi) is 4.61.